The summed E-state index contributed by atoms with van der Waals surface area (Å²) in [6.07, 6.45) is 4.22. The summed E-state index contributed by atoms with van der Waals surface area (Å²) in [5.74, 6) is 0.147. The molecule has 0 atom stereocenters. The van der Waals surface area contributed by atoms with Gasteiger partial charge in [0.1, 0.15) is 0 Å². The van der Waals surface area contributed by atoms with Crippen LogP contribution in [0.3, 0.4) is 0 Å². The number of pyridine rings is 1. The number of nitrogens with one attached hydrogen (secondary N) is 1. The summed E-state index contributed by atoms with van der Waals surface area (Å²) >= 11 is 0. The fourth-order valence-corrected chi connectivity index (χ4v) is 2.88. The van der Waals surface area contributed by atoms with Gasteiger partial charge >= 0.3 is 0 Å². The second-order valence-electron chi connectivity index (χ2n) is 6.48. The van der Waals surface area contributed by atoms with Gasteiger partial charge in [-0.25, -0.2) is 0 Å². The van der Waals surface area contributed by atoms with E-state index in [1.165, 1.54) is 6.07 Å². The zero-order chi connectivity index (χ0) is 16.9. The Balaban J connectivity index is 1.39. The maximum atomic E-state index is 12.3. The number of aryl methyl sites for hydroxylation is 1. The van der Waals surface area contributed by atoms with Gasteiger partial charge in [0.25, 0.3) is 5.56 Å². The van der Waals surface area contributed by atoms with Crippen LogP contribution in [0.25, 0.3) is 0 Å². The molecule has 1 N–H and O–H groups in total. The first-order valence-electron chi connectivity index (χ1n) is 8.57. The molecule has 2 heterocycles. The van der Waals surface area contributed by atoms with E-state index >= 15 is 0 Å². The van der Waals surface area contributed by atoms with Crippen molar-refractivity contribution in [1.82, 2.24) is 19.7 Å². The number of carbonyl (C=O) groups excluding carboxylic acids is 2. The highest BCUT2D eigenvalue weighted by Gasteiger charge is 2.26. The summed E-state index contributed by atoms with van der Waals surface area (Å²) in [6, 6.07) is 5.37. The van der Waals surface area contributed by atoms with Gasteiger partial charge < -0.3 is 14.8 Å². The third-order valence-corrected chi connectivity index (χ3v) is 4.50. The van der Waals surface area contributed by atoms with E-state index < -0.39 is 0 Å². The van der Waals surface area contributed by atoms with Crippen LogP contribution < -0.4 is 10.9 Å². The van der Waals surface area contributed by atoms with Crippen molar-refractivity contribution in [2.24, 2.45) is 0 Å². The molecule has 1 saturated heterocycles. The molecule has 0 spiro atoms. The number of carbonyl (C=O) groups is 2. The summed E-state index contributed by atoms with van der Waals surface area (Å²) in [5.41, 5.74) is -0.0863. The van der Waals surface area contributed by atoms with Crippen molar-refractivity contribution in [3.05, 3.63) is 34.7 Å². The molecule has 7 nitrogen and oxygen atoms in total. The van der Waals surface area contributed by atoms with E-state index in [9.17, 15) is 14.4 Å². The van der Waals surface area contributed by atoms with Crippen molar-refractivity contribution >= 4 is 11.8 Å². The molecule has 1 saturated carbocycles. The van der Waals surface area contributed by atoms with E-state index in [1.54, 1.807) is 22.9 Å². The number of piperazine rings is 1. The molecule has 1 aliphatic heterocycles. The van der Waals surface area contributed by atoms with Crippen LogP contribution in [0.15, 0.2) is 29.2 Å². The van der Waals surface area contributed by atoms with Gasteiger partial charge in [0.15, 0.2) is 0 Å². The number of nitrogens with zero attached hydrogens (tertiary/aromatic N) is 3. The Kier molecular flexibility index (Phi) is 5.30. The van der Waals surface area contributed by atoms with E-state index in [4.69, 9.17) is 0 Å². The second-order valence-corrected chi connectivity index (χ2v) is 6.48. The van der Waals surface area contributed by atoms with Crippen molar-refractivity contribution in [3.8, 4) is 0 Å². The lowest BCUT2D eigenvalue weighted by Crippen LogP contribution is -2.51. The molecular formula is C17H24N4O3. The van der Waals surface area contributed by atoms with Crippen molar-refractivity contribution in [2.45, 2.75) is 31.8 Å². The van der Waals surface area contributed by atoms with Crippen LogP contribution in [0.2, 0.25) is 0 Å². The standard InChI is InChI=1S/C17H24N4O3/c22-15(18-14-4-5-14)13-19-9-11-21(12-10-19)17(24)6-8-20-7-2-1-3-16(20)23/h1-3,7,14H,4-6,8-13H2,(H,18,22). The van der Waals surface area contributed by atoms with Gasteiger partial charge in [0.05, 0.1) is 6.54 Å². The predicted molar refractivity (Wildman–Crippen MR) is 89.5 cm³/mol. The zero-order valence-corrected chi connectivity index (χ0v) is 13.8. The minimum Gasteiger partial charge on any atom is -0.352 e. The molecular weight excluding hydrogens is 308 g/mol. The molecule has 1 aromatic rings. The monoisotopic (exact) mass is 332 g/mol. The lowest BCUT2D eigenvalue weighted by Gasteiger charge is -2.34. The first-order valence-corrected chi connectivity index (χ1v) is 8.57. The third kappa shape index (κ3) is 4.67. The van der Waals surface area contributed by atoms with Crippen LogP contribution in [-0.2, 0) is 16.1 Å². The molecule has 0 aromatic carbocycles. The molecule has 2 aliphatic rings. The predicted octanol–water partition coefficient (Wildman–Crippen LogP) is -0.339. The number of amides is 2. The van der Waals surface area contributed by atoms with Crippen molar-refractivity contribution in [2.75, 3.05) is 32.7 Å². The molecule has 2 amide bonds. The maximum absolute atomic E-state index is 12.3. The Hall–Kier alpha value is -2.15. The first-order chi connectivity index (χ1) is 11.6. The fourth-order valence-electron chi connectivity index (χ4n) is 2.88. The van der Waals surface area contributed by atoms with E-state index in [0.717, 1.165) is 25.9 Å². The largest absolute Gasteiger partial charge is 0.352 e. The van der Waals surface area contributed by atoms with Gasteiger partial charge in [-0.15, -0.1) is 0 Å². The maximum Gasteiger partial charge on any atom is 0.250 e. The second kappa shape index (κ2) is 7.61. The first kappa shape index (κ1) is 16.7. The molecule has 2 fully saturated rings. The van der Waals surface area contributed by atoms with E-state index in [-0.39, 0.29) is 17.4 Å². The highest BCUT2D eigenvalue weighted by Crippen LogP contribution is 2.18. The highest BCUT2D eigenvalue weighted by atomic mass is 16.2. The van der Waals surface area contributed by atoms with Crippen LogP contribution in [0.4, 0.5) is 0 Å². The number of rotatable bonds is 6. The van der Waals surface area contributed by atoms with E-state index in [1.807, 2.05) is 4.90 Å². The van der Waals surface area contributed by atoms with Crippen LogP contribution in [0.5, 0.6) is 0 Å². The Morgan fingerprint density at radius 1 is 1.12 bits per heavy atom. The molecule has 0 unspecified atom stereocenters. The number of aromatic nitrogens is 1. The van der Waals surface area contributed by atoms with Crippen LogP contribution in [0.1, 0.15) is 19.3 Å². The summed E-state index contributed by atoms with van der Waals surface area (Å²) in [6.45, 7) is 3.53. The summed E-state index contributed by atoms with van der Waals surface area (Å²) < 4.78 is 1.55. The minimum absolute atomic E-state index is 0.0628. The molecule has 0 radical (unpaired) electrons. The van der Waals surface area contributed by atoms with Gasteiger partial charge in [0, 0.05) is 57.4 Å². The summed E-state index contributed by atoms with van der Waals surface area (Å²) in [7, 11) is 0. The van der Waals surface area contributed by atoms with E-state index in [0.29, 0.717) is 38.6 Å². The normalized spacial score (nSPS) is 18.4. The molecule has 3 rings (SSSR count). The zero-order valence-electron chi connectivity index (χ0n) is 13.8. The van der Waals surface area contributed by atoms with Crippen LogP contribution in [0, 0.1) is 0 Å². The summed E-state index contributed by atoms with van der Waals surface area (Å²) in [5, 5.41) is 2.99. The van der Waals surface area contributed by atoms with Crippen LogP contribution in [-0.4, -0.2) is 64.9 Å². The van der Waals surface area contributed by atoms with Crippen molar-refractivity contribution in [3.63, 3.8) is 0 Å². The quantitative estimate of drug-likeness (QED) is 0.773. The van der Waals surface area contributed by atoms with Gasteiger partial charge in [-0.3, -0.25) is 19.3 Å². The topological polar surface area (TPSA) is 74.7 Å². The smallest absolute Gasteiger partial charge is 0.250 e. The Labute approximate surface area is 141 Å². The minimum atomic E-state index is -0.0863. The van der Waals surface area contributed by atoms with Crippen molar-refractivity contribution in [1.29, 1.82) is 0 Å². The average Bonchev–Trinajstić information content (AvgIpc) is 3.38. The molecule has 130 valence electrons. The number of hydrogen-bond acceptors (Lipinski definition) is 4. The van der Waals surface area contributed by atoms with Crippen LogP contribution >= 0.6 is 0 Å². The highest BCUT2D eigenvalue weighted by molar-refractivity contribution is 5.79. The average molecular weight is 332 g/mol. The number of hydrogen-bond donors (Lipinski definition) is 1. The van der Waals surface area contributed by atoms with Crippen molar-refractivity contribution < 1.29 is 9.59 Å². The van der Waals surface area contributed by atoms with Gasteiger partial charge in [0.2, 0.25) is 11.8 Å². The molecule has 1 aromatic heterocycles. The Bertz CT molecular complexity index is 645. The molecule has 1 aliphatic carbocycles. The fraction of sp³-hybridized carbons (Fsp3) is 0.588. The van der Waals surface area contributed by atoms with Gasteiger partial charge in [-0.1, -0.05) is 6.07 Å². The Morgan fingerprint density at radius 3 is 2.54 bits per heavy atom. The van der Waals surface area contributed by atoms with Gasteiger partial charge in [-0.05, 0) is 18.9 Å². The van der Waals surface area contributed by atoms with E-state index in [2.05, 4.69) is 10.2 Å². The lowest BCUT2D eigenvalue weighted by molar-refractivity contribution is -0.133. The third-order valence-electron chi connectivity index (χ3n) is 4.50. The SMILES string of the molecule is O=C(CN1CCN(C(=O)CCn2ccccc2=O)CC1)NC1CC1. The molecule has 7 heteroatoms. The Morgan fingerprint density at radius 2 is 1.88 bits per heavy atom. The lowest BCUT2D eigenvalue weighted by atomic mass is 10.2. The molecule has 24 heavy (non-hydrogen) atoms. The summed E-state index contributed by atoms with van der Waals surface area (Å²) in [4.78, 5) is 39.6. The molecule has 0 bridgehead atoms. The van der Waals surface area contributed by atoms with Gasteiger partial charge in [-0.2, -0.15) is 0 Å².